The number of nitrogens with zero attached hydrogens (tertiary/aromatic N) is 3. The van der Waals surface area contributed by atoms with Crippen LogP contribution in [0.1, 0.15) is 18.7 Å². The summed E-state index contributed by atoms with van der Waals surface area (Å²) in [6.45, 7) is 1.70. The molecule has 2 aromatic heterocycles. The van der Waals surface area contributed by atoms with Gasteiger partial charge in [-0.2, -0.15) is 9.78 Å². The highest BCUT2D eigenvalue weighted by molar-refractivity contribution is 7.89. The van der Waals surface area contributed by atoms with E-state index in [0.29, 0.717) is 11.4 Å². The maximum atomic E-state index is 12.6. The fourth-order valence-corrected chi connectivity index (χ4v) is 3.83. The Hall–Kier alpha value is -2.26. The maximum absolute atomic E-state index is 12.6. The maximum Gasteiger partial charge on any atom is 0.291 e. The molecule has 0 aliphatic rings. The van der Waals surface area contributed by atoms with Crippen molar-refractivity contribution in [1.82, 2.24) is 19.5 Å². The van der Waals surface area contributed by atoms with Gasteiger partial charge < -0.3 is 0 Å². The van der Waals surface area contributed by atoms with Crippen molar-refractivity contribution in [3.63, 3.8) is 0 Å². The molecular weight excluding hydrogens is 411 g/mol. The van der Waals surface area contributed by atoms with Gasteiger partial charge in [0.2, 0.25) is 10.0 Å². The summed E-state index contributed by atoms with van der Waals surface area (Å²) >= 11 is 11.6. The topological polar surface area (TPSA) is 94.0 Å². The molecule has 0 saturated carbocycles. The summed E-state index contributed by atoms with van der Waals surface area (Å²) in [6.07, 6.45) is 2.84. The van der Waals surface area contributed by atoms with E-state index in [2.05, 4.69) is 14.8 Å². The Bertz CT molecular complexity index is 1120. The van der Waals surface area contributed by atoms with Gasteiger partial charge in [0, 0.05) is 6.20 Å². The molecule has 1 aromatic carbocycles. The first-order chi connectivity index (χ1) is 12.8. The molecule has 2 heterocycles. The number of aromatic nitrogens is 3. The van der Waals surface area contributed by atoms with Crippen LogP contribution in [0, 0.1) is 0 Å². The molecular formula is C17H14Cl2N4O3S. The lowest BCUT2D eigenvalue weighted by Crippen LogP contribution is -2.27. The van der Waals surface area contributed by atoms with Crippen LogP contribution in [-0.2, 0) is 10.0 Å². The lowest BCUT2D eigenvalue weighted by molar-refractivity contribution is 0.564. The van der Waals surface area contributed by atoms with Crippen LogP contribution in [-0.4, -0.2) is 23.2 Å². The van der Waals surface area contributed by atoms with Gasteiger partial charge in [-0.1, -0.05) is 29.3 Å². The van der Waals surface area contributed by atoms with Crippen molar-refractivity contribution in [3.05, 3.63) is 81.0 Å². The molecule has 0 saturated heterocycles. The van der Waals surface area contributed by atoms with E-state index in [1.54, 1.807) is 31.3 Å². The quantitative estimate of drug-likeness (QED) is 0.679. The Kier molecular flexibility index (Phi) is 5.61. The van der Waals surface area contributed by atoms with Crippen molar-refractivity contribution in [2.75, 3.05) is 0 Å². The Morgan fingerprint density at radius 3 is 2.44 bits per heavy atom. The van der Waals surface area contributed by atoms with Gasteiger partial charge in [0.05, 0.1) is 33.5 Å². The SMILES string of the molecule is CC(NS(=O)(=O)c1ccc(-n2ncc(Cl)c(Cl)c2=O)cc1)c1ccccn1. The van der Waals surface area contributed by atoms with Gasteiger partial charge in [-0.25, -0.2) is 13.1 Å². The Labute approximate surface area is 165 Å². The van der Waals surface area contributed by atoms with Gasteiger partial charge in [0.25, 0.3) is 5.56 Å². The summed E-state index contributed by atoms with van der Waals surface area (Å²) in [6, 6.07) is 10.4. The predicted octanol–water partition coefficient (Wildman–Crippen LogP) is 2.97. The molecule has 27 heavy (non-hydrogen) atoms. The van der Waals surface area contributed by atoms with Crippen molar-refractivity contribution >= 4 is 33.2 Å². The van der Waals surface area contributed by atoms with Crippen LogP contribution in [0.15, 0.2) is 64.5 Å². The van der Waals surface area contributed by atoms with Gasteiger partial charge in [-0.05, 0) is 43.3 Å². The van der Waals surface area contributed by atoms with Crippen LogP contribution < -0.4 is 10.3 Å². The van der Waals surface area contributed by atoms with Crippen molar-refractivity contribution in [1.29, 1.82) is 0 Å². The van der Waals surface area contributed by atoms with Crippen molar-refractivity contribution in [2.24, 2.45) is 0 Å². The minimum Gasteiger partial charge on any atom is -0.266 e. The minimum atomic E-state index is -3.78. The Morgan fingerprint density at radius 1 is 1.11 bits per heavy atom. The average Bonchev–Trinajstić information content (AvgIpc) is 2.67. The van der Waals surface area contributed by atoms with E-state index in [4.69, 9.17) is 23.2 Å². The lowest BCUT2D eigenvalue weighted by Gasteiger charge is -2.14. The first-order valence-electron chi connectivity index (χ1n) is 7.76. The third kappa shape index (κ3) is 4.19. The van der Waals surface area contributed by atoms with Crippen LogP contribution in [0.3, 0.4) is 0 Å². The van der Waals surface area contributed by atoms with Crippen LogP contribution in [0.4, 0.5) is 0 Å². The molecule has 1 atom stereocenters. The van der Waals surface area contributed by atoms with Gasteiger partial charge in [-0.15, -0.1) is 0 Å². The fraction of sp³-hybridized carbons (Fsp3) is 0.118. The zero-order chi connectivity index (χ0) is 19.6. The summed E-state index contributed by atoms with van der Waals surface area (Å²) in [4.78, 5) is 16.3. The molecule has 10 heteroatoms. The molecule has 3 aromatic rings. The number of halogens is 2. The van der Waals surface area contributed by atoms with E-state index in [0.717, 1.165) is 4.68 Å². The number of benzene rings is 1. The molecule has 0 aliphatic heterocycles. The first-order valence-corrected chi connectivity index (χ1v) is 10.0. The molecule has 1 N–H and O–H groups in total. The smallest absolute Gasteiger partial charge is 0.266 e. The van der Waals surface area contributed by atoms with Crippen LogP contribution in [0.2, 0.25) is 10.0 Å². The zero-order valence-electron chi connectivity index (χ0n) is 14.0. The van der Waals surface area contributed by atoms with Gasteiger partial charge in [0.15, 0.2) is 0 Å². The van der Waals surface area contributed by atoms with E-state index >= 15 is 0 Å². The fourth-order valence-electron chi connectivity index (χ4n) is 2.36. The molecule has 0 amide bonds. The van der Waals surface area contributed by atoms with Crippen LogP contribution >= 0.6 is 23.2 Å². The van der Waals surface area contributed by atoms with Crippen molar-refractivity contribution in [3.8, 4) is 5.69 Å². The largest absolute Gasteiger partial charge is 0.291 e. The summed E-state index contributed by atoms with van der Waals surface area (Å²) in [5.74, 6) is 0. The molecule has 7 nitrogen and oxygen atoms in total. The highest BCUT2D eigenvalue weighted by Gasteiger charge is 2.19. The molecule has 0 radical (unpaired) electrons. The molecule has 0 fully saturated rings. The second kappa shape index (κ2) is 7.77. The number of rotatable bonds is 5. The predicted molar refractivity (Wildman–Crippen MR) is 103 cm³/mol. The lowest BCUT2D eigenvalue weighted by atomic mass is 10.2. The third-order valence-corrected chi connectivity index (χ3v) is 6.04. The standard InChI is InChI=1S/C17H14Cl2N4O3S/c1-11(15-4-2-3-9-20-15)22-27(25,26)13-7-5-12(6-8-13)23-17(24)16(19)14(18)10-21-23/h2-11,22H,1H3. The molecule has 0 bridgehead atoms. The minimum absolute atomic E-state index is 0.0436. The van der Waals surface area contributed by atoms with Gasteiger partial charge in [-0.3, -0.25) is 9.78 Å². The van der Waals surface area contributed by atoms with Gasteiger partial charge >= 0.3 is 0 Å². The number of sulfonamides is 1. The van der Waals surface area contributed by atoms with E-state index in [-0.39, 0.29) is 14.9 Å². The number of hydrogen-bond donors (Lipinski definition) is 1. The van der Waals surface area contributed by atoms with Crippen LogP contribution in [0.5, 0.6) is 0 Å². The highest BCUT2D eigenvalue weighted by atomic mass is 35.5. The second-order valence-corrected chi connectivity index (χ2v) is 8.11. The number of pyridine rings is 1. The molecule has 140 valence electrons. The first kappa shape index (κ1) is 19.5. The van der Waals surface area contributed by atoms with Crippen molar-refractivity contribution in [2.45, 2.75) is 17.9 Å². The number of nitrogens with one attached hydrogen (secondary N) is 1. The van der Waals surface area contributed by atoms with Gasteiger partial charge in [0.1, 0.15) is 5.02 Å². The van der Waals surface area contributed by atoms with E-state index in [1.807, 2.05) is 0 Å². The summed E-state index contributed by atoms with van der Waals surface area (Å²) in [5, 5.41) is 3.79. The Balaban J connectivity index is 1.86. The Morgan fingerprint density at radius 2 is 1.81 bits per heavy atom. The second-order valence-electron chi connectivity index (χ2n) is 5.61. The molecule has 0 aliphatic carbocycles. The zero-order valence-corrected chi connectivity index (χ0v) is 16.3. The van der Waals surface area contributed by atoms with E-state index < -0.39 is 21.6 Å². The molecule has 3 rings (SSSR count). The average molecular weight is 425 g/mol. The van der Waals surface area contributed by atoms with E-state index in [1.165, 1.54) is 30.5 Å². The van der Waals surface area contributed by atoms with Crippen LogP contribution in [0.25, 0.3) is 5.69 Å². The van der Waals surface area contributed by atoms with Crippen molar-refractivity contribution < 1.29 is 8.42 Å². The highest BCUT2D eigenvalue weighted by Crippen LogP contribution is 2.19. The molecule has 1 unspecified atom stereocenters. The summed E-state index contributed by atoms with van der Waals surface area (Å²) in [7, 11) is -3.78. The monoisotopic (exact) mass is 424 g/mol. The van der Waals surface area contributed by atoms with E-state index in [9.17, 15) is 13.2 Å². The summed E-state index contributed by atoms with van der Waals surface area (Å²) < 4.78 is 28.7. The normalized spacial score (nSPS) is 12.7. The number of hydrogen-bond acceptors (Lipinski definition) is 5. The molecule has 0 spiro atoms. The summed E-state index contributed by atoms with van der Waals surface area (Å²) in [5.41, 5.74) is 0.362. The third-order valence-electron chi connectivity index (χ3n) is 3.73.